The highest BCUT2D eigenvalue weighted by Gasteiger charge is 2.97. The maximum Gasteiger partial charge on any atom is 0.469 e. The molecule has 0 amide bonds. The number of hydrogen-bond acceptors (Lipinski definition) is 5. The van der Waals surface area contributed by atoms with Crippen molar-refractivity contribution in [3.8, 4) is 0 Å². The molecule has 0 saturated carbocycles. The van der Waals surface area contributed by atoms with Crippen LogP contribution in [0.1, 0.15) is 12.8 Å². The van der Waals surface area contributed by atoms with Gasteiger partial charge >= 0.3 is 103 Å². The molecule has 0 unspecified atom stereocenters. The van der Waals surface area contributed by atoms with Crippen LogP contribution in [0.2, 0.25) is 0 Å². The largest absolute Gasteiger partial charge is 0.469 e. The number of halogens is 34. The van der Waals surface area contributed by atoms with Crippen molar-refractivity contribution in [3.05, 3.63) is 0 Å². The summed E-state index contributed by atoms with van der Waals surface area (Å²) < 4.78 is 474. The highest BCUT2D eigenvalue weighted by atomic mass is 32.2. The lowest BCUT2D eigenvalue weighted by Crippen LogP contribution is -2.74. The summed E-state index contributed by atoms with van der Waals surface area (Å²) in [6.07, 6.45) is -22.5. The van der Waals surface area contributed by atoms with Crippen LogP contribution in [-0.4, -0.2) is 146 Å². The van der Waals surface area contributed by atoms with E-state index in [9.17, 15) is 159 Å². The second-order valence-electron chi connectivity index (χ2n) is 13.3. The molecule has 0 bridgehead atoms. The van der Waals surface area contributed by atoms with Crippen molar-refractivity contribution in [2.45, 2.75) is 108 Å². The summed E-state index contributed by atoms with van der Waals surface area (Å²) >= 11 is -1.31. The summed E-state index contributed by atoms with van der Waals surface area (Å²) in [5, 5.41) is 9.67. The zero-order valence-corrected chi connectivity index (χ0v) is 33.0. The molecule has 0 rings (SSSR count). The first-order chi connectivity index (χ1) is 28.7. The molecule has 0 aromatic carbocycles. The van der Waals surface area contributed by atoms with Gasteiger partial charge in [0.1, 0.15) is 0 Å². The van der Waals surface area contributed by atoms with Crippen LogP contribution in [0.25, 0.3) is 0 Å². The fraction of sp³-hybridized carbons (Fsp3) is 1.00. The first-order valence-corrected chi connectivity index (χ1v) is 19.4. The van der Waals surface area contributed by atoms with E-state index in [0.717, 1.165) is 0 Å². The van der Waals surface area contributed by atoms with E-state index in [0.29, 0.717) is 0 Å². The molecular weight excluding hydrogens is 1120 g/mol. The number of rotatable bonds is 26. The molecule has 5 nitrogen and oxygen atoms in total. The van der Waals surface area contributed by atoms with E-state index >= 15 is 0 Å². The monoisotopic (exact) mass is 1140 g/mol. The third kappa shape index (κ3) is 10.8. The van der Waals surface area contributed by atoms with E-state index in [4.69, 9.17) is 9.79 Å². The van der Waals surface area contributed by atoms with E-state index in [1.165, 1.54) is 0 Å². The van der Waals surface area contributed by atoms with Crippen molar-refractivity contribution in [1.29, 1.82) is 0 Å². The summed E-state index contributed by atoms with van der Waals surface area (Å²) in [5.74, 6) is -126. The number of phosphoric acid groups is 1. The van der Waals surface area contributed by atoms with Crippen LogP contribution in [0.5, 0.6) is 0 Å². The van der Waals surface area contributed by atoms with E-state index < -0.39 is 181 Å². The molecule has 0 atom stereocenters. The zero-order valence-electron chi connectivity index (χ0n) is 30.4. The van der Waals surface area contributed by atoms with E-state index in [-0.39, 0.29) is 0 Å². The zero-order chi connectivity index (χ0) is 54.8. The predicted molar refractivity (Wildman–Crippen MR) is 153 cm³/mol. The average Bonchev–Trinajstić information content (AvgIpc) is 3.11. The Balaban J connectivity index is 6.55. The summed E-state index contributed by atoms with van der Waals surface area (Å²) in [4.78, 5) is 17.7. The third-order valence-electron chi connectivity index (χ3n) is 8.39. The molecule has 0 spiro atoms. The minimum absolute atomic E-state index is 0.657. The van der Waals surface area contributed by atoms with Gasteiger partial charge in [-0.25, -0.2) is 4.57 Å². The highest BCUT2D eigenvalue weighted by Crippen LogP contribution is 2.66. The van der Waals surface area contributed by atoms with Crippen molar-refractivity contribution >= 4 is 31.3 Å². The van der Waals surface area contributed by atoms with Crippen molar-refractivity contribution in [3.63, 3.8) is 0 Å². The Morgan fingerprint density at radius 2 is 0.567 bits per heavy atom. The minimum Gasteiger partial charge on any atom is -0.396 e. The maximum absolute atomic E-state index is 14.3. The van der Waals surface area contributed by atoms with Gasteiger partial charge in [-0.2, -0.15) is 173 Å². The highest BCUT2D eigenvalue weighted by molar-refractivity contribution is 8.00. The van der Waals surface area contributed by atoms with E-state index in [1.807, 2.05) is 0 Å². The van der Waals surface area contributed by atoms with Gasteiger partial charge < -0.3 is 14.9 Å². The van der Waals surface area contributed by atoms with Crippen molar-refractivity contribution in [1.82, 2.24) is 0 Å². The van der Waals surface area contributed by atoms with E-state index in [2.05, 4.69) is 4.52 Å². The lowest BCUT2D eigenvalue weighted by Gasteiger charge is -2.43. The van der Waals surface area contributed by atoms with Gasteiger partial charge in [0.25, 0.3) is 0 Å². The Morgan fingerprint density at radius 1 is 0.358 bits per heavy atom. The number of alkyl halides is 34. The average molecular weight is 1140 g/mol. The van der Waals surface area contributed by atoms with Gasteiger partial charge in [0, 0.05) is 29.8 Å². The molecular formula is C25H19F34O5PS2. The molecule has 0 heterocycles. The molecule has 0 aromatic rings. The fourth-order valence-corrected chi connectivity index (χ4v) is 7.25. The third-order valence-corrected chi connectivity index (χ3v) is 11.5. The van der Waals surface area contributed by atoms with Crippen LogP contribution in [0, 0.1) is 5.41 Å². The number of hydrogen-bond donors (Lipinski definition) is 3. The van der Waals surface area contributed by atoms with Crippen LogP contribution in [0.3, 0.4) is 0 Å². The van der Waals surface area contributed by atoms with Crippen LogP contribution < -0.4 is 0 Å². The van der Waals surface area contributed by atoms with Crippen molar-refractivity contribution < 1.29 is 173 Å². The smallest absolute Gasteiger partial charge is 0.396 e. The van der Waals surface area contributed by atoms with Gasteiger partial charge in [-0.05, 0) is 11.5 Å². The molecule has 0 fully saturated rings. The number of thioether (sulfide) groups is 2. The lowest BCUT2D eigenvalue weighted by atomic mass is 9.88. The molecule has 67 heavy (non-hydrogen) atoms. The van der Waals surface area contributed by atoms with Gasteiger partial charge in [-0.15, -0.1) is 0 Å². The molecule has 0 aliphatic heterocycles. The Hall–Kier alpha value is -1.61. The lowest BCUT2D eigenvalue weighted by molar-refractivity contribution is -0.461. The van der Waals surface area contributed by atoms with Crippen LogP contribution in [0.4, 0.5) is 149 Å². The van der Waals surface area contributed by atoms with Crippen LogP contribution in [-0.2, 0) is 9.09 Å². The summed E-state index contributed by atoms with van der Waals surface area (Å²) in [5.41, 5.74) is -2.89. The molecule has 404 valence electrons. The van der Waals surface area contributed by atoms with Gasteiger partial charge in [-0.1, -0.05) is 0 Å². The van der Waals surface area contributed by atoms with Gasteiger partial charge in [-0.3, -0.25) is 4.52 Å². The second kappa shape index (κ2) is 18.8. The quantitative estimate of drug-likeness (QED) is 0.0452. The van der Waals surface area contributed by atoms with Crippen LogP contribution in [0.15, 0.2) is 0 Å². The second-order valence-corrected chi connectivity index (χ2v) is 16.8. The maximum atomic E-state index is 14.3. The van der Waals surface area contributed by atoms with Gasteiger partial charge in [0.15, 0.2) is 0 Å². The molecule has 3 N–H and O–H groups in total. The Labute approximate surface area is 354 Å². The van der Waals surface area contributed by atoms with Crippen molar-refractivity contribution in [2.75, 3.05) is 36.2 Å². The number of aliphatic hydroxyl groups is 1. The number of aliphatic hydroxyl groups excluding tert-OH is 1. The van der Waals surface area contributed by atoms with Gasteiger partial charge in [0.05, 0.1) is 13.2 Å². The molecule has 0 saturated heterocycles. The molecule has 0 aromatic heterocycles. The summed E-state index contributed by atoms with van der Waals surface area (Å²) in [6, 6.07) is 0. The SMILES string of the molecule is O=P(O)(O)OCC(CO)(CSCCC(F)(F)C(F)(F)C(F)(F)C(F)(F)C(F)(F)C(F)(F)C(F)(F)C(F)(F)F)CSCCC(F)(F)C(F)(F)C(F)(F)C(F)(F)C(F)(F)C(F)(F)C(F)(F)C(F)(F)F. The Kier molecular flexibility index (Phi) is 18.3. The standard InChI is InChI=1S/C25H19F34O5PS2/c26-10(27,12(30,31)14(34,35)16(38,39)18(42,43)20(46,47)22(50,51)24(54,55)56)1-3-66-7-9(5-60,6-64-65(61,62)63)8-67-4-2-11(28,29)13(32,33)15(36,37)17(40,41)19(44,45)21(48,49)23(52,53)25(57,58)59/h60H,1-8H2,(H2,61,62,63). The summed E-state index contributed by atoms with van der Waals surface area (Å²) in [6.45, 7) is -3.79. The minimum atomic E-state index is -9.01. The fourth-order valence-electron chi connectivity index (χ4n) is 4.17. The first-order valence-electron chi connectivity index (χ1n) is 15.6. The van der Waals surface area contributed by atoms with E-state index in [1.54, 1.807) is 0 Å². The Bertz CT molecular complexity index is 1620. The summed E-state index contributed by atoms with van der Waals surface area (Å²) in [7, 11) is -5.94. The van der Waals surface area contributed by atoms with Crippen LogP contribution >= 0.6 is 31.3 Å². The molecule has 0 aliphatic carbocycles. The predicted octanol–water partition coefficient (Wildman–Crippen LogP) is 12.3. The first kappa shape index (κ1) is 65.4. The normalized spacial score (nSPS) is 16.6. The molecule has 0 radical (unpaired) electrons. The molecule has 0 aliphatic rings. The van der Waals surface area contributed by atoms with Gasteiger partial charge in [0.2, 0.25) is 0 Å². The Morgan fingerprint density at radius 3 is 0.761 bits per heavy atom. The number of phosphoric ester groups is 1. The molecule has 42 heteroatoms. The topological polar surface area (TPSA) is 87.0 Å². The van der Waals surface area contributed by atoms with Crippen molar-refractivity contribution in [2.24, 2.45) is 5.41 Å².